The van der Waals surface area contributed by atoms with E-state index in [9.17, 15) is 9.59 Å². The summed E-state index contributed by atoms with van der Waals surface area (Å²) < 4.78 is 12.5. The Morgan fingerprint density at radius 2 is 2.00 bits per heavy atom. The van der Waals surface area contributed by atoms with Gasteiger partial charge in [-0.2, -0.15) is 0 Å². The van der Waals surface area contributed by atoms with Crippen LogP contribution in [0.5, 0.6) is 0 Å². The summed E-state index contributed by atoms with van der Waals surface area (Å²) in [5, 5.41) is 8.26. The lowest BCUT2D eigenvalue weighted by Gasteiger charge is -2.54. The Hall–Kier alpha value is -2.12. The number of carbonyl (C=O) groups excluding carboxylic acids is 2. The number of ether oxygens (including phenoxy) is 2. The van der Waals surface area contributed by atoms with Gasteiger partial charge in [0.15, 0.2) is 5.69 Å². The van der Waals surface area contributed by atoms with Crippen LogP contribution in [-0.4, -0.2) is 56.2 Å². The highest BCUT2D eigenvalue weighted by Crippen LogP contribution is 2.48. The molecule has 8 nitrogen and oxygen atoms in total. The maximum Gasteiger partial charge on any atom is 0.410 e. The first-order valence-electron chi connectivity index (χ1n) is 9.76. The van der Waals surface area contributed by atoms with Gasteiger partial charge in [-0.05, 0) is 66.7 Å². The smallest absolute Gasteiger partial charge is 0.410 e. The fraction of sp³-hybridized carbons (Fsp3) is 0.789. The second-order valence-electron chi connectivity index (χ2n) is 8.54. The number of esters is 1. The minimum absolute atomic E-state index is 0.111. The van der Waals surface area contributed by atoms with Crippen molar-refractivity contribution in [3.8, 4) is 0 Å². The predicted molar refractivity (Wildman–Crippen MR) is 98.5 cm³/mol. The van der Waals surface area contributed by atoms with E-state index in [1.807, 2.05) is 37.3 Å². The van der Waals surface area contributed by atoms with Crippen LogP contribution in [0.1, 0.15) is 82.0 Å². The van der Waals surface area contributed by atoms with Gasteiger partial charge in [0.05, 0.1) is 18.3 Å². The third-order valence-corrected chi connectivity index (χ3v) is 5.51. The van der Waals surface area contributed by atoms with E-state index >= 15 is 0 Å². The van der Waals surface area contributed by atoms with Crippen molar-refractivity contribution in [2.45, 2.75) is 83.9 Å². The number of nitrogens with zero attached hydrogens (tertiary/aromatic N) is 4. The van der Waals surface area contributed by atoms with Gasteiger partial charge in [0, 0.05) is 12.1 Å². The maximum absolute atomic E-state index is 12.7. The molecular weight excluding hydrogens is 348 g/mol. The lowest BCUT2D eigenvalue weighted by atomic mass is 9.69. The van der Waals surface area contributed by atoms with Gasteiger partial charge in [0.1, 0.15) is 5.60 Å². The molecule has 2 fully saturated rings. The van der Waals surface area contributed by atoms with E-state index in [1.165, 1.54) is 0 Å². The Morgan fingerprint density at radius 3 is 2.56 bits per heavy atom. The van der Waals surface area contributed by atoms with Crippen molar-refractivity contribution in [1.82, 2.24) is 19.9 Å². The summed E-state index contributed by atoms with van der Waals surface area (Å²) in [6.07, 6.45) is 4.38. The molecule has 0 N–H and O–H groups in total. The molecule has 3 rings (SSSR count). The van der Waals surface area contributed by atoms with Gasteiger partial charge in [0.2, 0.25) is 0 Å². The van der Waals surface area contributed by atoms with Crippen LogP contribution in [0.15, 0.2) is 0 Å². The van der Waals surface area contributed by atoms with Crippen molar-refractivity contribution < 1.29 is 19.1 Å². The first-order chi connectivity index (χ1) is 12.7. The minimum Gasteiger partial charge on any atom is -0.461 e. The number of rotatable bonds is 3. The number of hydrogen-bond acceptors (Lipinski definition) is 6. The average Bonchev–Trinajstić information content (AvgIpc) is 2.93. The third-order valence-electron chi connectivity index (χ3n) is 5.51. The molecule has 1 unspecified atom stereocenters. The Balaban J connectivity index is 1.77. The maximum atomic E-state index is 12.7. The molecule has 27 heavy (non-hydrogen) atoms. The SMILES string of the molecule is CCOC(=O)c1nnn(C2CCN(C(=O)OC(C)(C)C)C3(CCC3)C2)c1C. The number of carbonyl (C=O) groups is 2. The minimum atomic E-state index is -0.504. The molecule has 1 aliphatic heterocycles. The summed E-state index contributed by atoms with van der Waals surface area (Å²) in [6.45, 7) is 10.2. The zero-order valence-electron chi connectivity index (χ0n) is 16.9. The molecule has 1 aromatic rings. The number of amides is 1. The second kappa shape index (κ2) is 7.13. The molecule has 1 amide bonds. The van der Waals surface area contributed by atoms with E-state index in [2.05, 4.69) is 10.3 Å². The van der Waals surface area contributed by atoms with Crippen molar-refractivity contribution in [2.75, 3.05) is 13.2 Å². The molecule has 2 heterocycles. The molecule has 150 valence electrons. The molecule has 1 aromatic heterocycles. The van der Waals surface area contributed by atoms with E-state index in [0.717, 1.165) is 37.8 Å². The van der Waals surface area contributed by atoms with Crippen LogP contribution in [0.25, 0.3) is 0 Å². The molecule has 8 heteroatoms. The molecule has 1 spiro atoms. The van der Waals surface area contributed by atoms with E-state index in [-0.39, 0.29) is 23.4 Å². The van der Waals surface area contributed by atoms with E-state index in [4.69, 9.17) is 9.47 Å². The zero-order valence-corrected chi connectivity index (χ0v) is 16.9. The van der Waals surface area contributed by atoms with Gasteiger partial charge >= 0.3 is 12.1 Å². The van der Waals surface area contributed by atoms with Crippen molar-refractivity contribution in [3.63, 3.8) is 0 Å². The Bertz CT molecular complexity index is 718. The van der Waals surface area contributed by atoms with Crippen LogP contribution in [0, 0.1) is 6.92 Å². The van der Waals surface area contributed by atoms with E-state index in [0.29, 0.717) is 13.2 Å². The second-order valence-corrected chi connectivity index (χ2v) is 8.54. The molecule has 2 aliphatic rings. The molecule has 1 saturated heterocycles. The molecule has 1 atom stereocenters. The van der Waals surface area contributed by atoms with Crippen LogP contribution in [0.3, 0.4) is 0 Å². The van der Waals surface area contributed by atoms with E-state index < -0.39 is 11.6 Å². The van der Waals surface area contributed by atoms with Crippen LogP contribution in [0.2, 0.25) is 0 Å². The standard InChI is InChI=1S/C19H30N4O4/c1-6-26-16(24)15-13(2)23(21-20-15)14-8-11-22(17(25)27-18(3,4)5)19(12-14)9-7-10-19/h14H,6-12H2,1-5H3. The molecule has 0 aromatic carbocycles. The van der Waals surface area contributed by atoms with Gasteiger partial charge in [0.25, 0.3) is 0 Å². The lowest BCUT2D eigenvalue weighted by Crippen LogP contribution is -2.61. The highest BCUT2D eigenvalue weighted by atomic mass is 16.6. The van der Waals surface area contributed by atoms with Crippen LogP contribution >= 0.6 is 0 Å². The molecule has 0 bridgehead atoms. The largest absolute Gasteiger partial charge is 0.461 e. The van der Waals surface area contributed by atoms with Gasteiger partial charge in [-0.25, -0.2) is 14.3 Å². The van der Waals surface area contributed by atoms with Crippen molar-refractivity contribution >= 4 is 12.1 Å². The van der Waals surface area contributed by atoms with Crippen molar-refractivity contribution in [3.05, 3.63) is 11.4 Å². The summed E-state index contributed by atoms with van der Waals surface area (Å²) in [4.78, 5) is 26.6. The summed E-state index contributed by atoms with van der Waals surface area (Å²) in [5.41, 5.74) is 0.316. The highest BCUT2D eigenvalue weighted by molar-refractivity contribution is 5.88. The third kappa shape index (κ3) is 3.80. The molecular formula is C19H30N4O4. The quantitative estimate of drug-likeness (QED) is 0.751. The summed E-state index contributed by atoms with van der Waals surface area (Å²) >= 11 is 0. The van der Waals surface area contributed by atoms with Gasteiger partial charge in [-0.1, -0.05) is 5.21 Å². The Morgan fingerprint density at radius 1 is 1.30 bits per heavy atom. The first kappa shape index (κ1) is 19.6. The monoisotopic (exact) mass is 378 g/mol. The van der Waals surface area contributed by atoms with Crippen molar-refractivity contribution in [1.29, 1.82) is 0 Å². The molecule has 1 saturated carbocycles. The normalized spacial score (nSPS) is 21.7. The predicted octanol–water partition coefficient (Wildman–Crippen LogP) is 3.26. The van der Waals surface area contributed by atoms with Crippen LogP contribution in [-0.2, 0) is 9.47 Å². The lowest BCUT2D eigenvalue weighted by molar-refractivity contribution is -0.0544. The summed E-state index contributed by atoms with van der Waals surface area (Å²) in [6, 6.07) is 0.111. The van der Waals surface area contributed by atoms with Gasteiger partial charge in [-0.15, -0.1) is 5.10 Å². The van der Waals surface area contributed by atoms with E-state index in [1.54, 1.807) is 6.92 Å². The highest BCUT2D eigenvalue weighted by Gasteiger charge is 2.50. The Labute approximate surface area is 160 Å². The number of aromatic nitrogens is 3. The first-order valence-corrected chi connectivity index (χ1v) is 9.76. The topological polar surface area (TPSA) is 86.5 Å². The van der Waals surface area contributed by atoms with Crippen LogP contribution in [0.4, 0.5) is 4.79 Å². The fourth-order valence-corrected chi connectivity index (χ4v) is 4.11. The van der Waals surface area contributed by atoms with Gasteiger partial charge < -0.3 is 14.4 Å². The van der Waals surface area contributed by atoms with Crippen LogP contribution < -0.4 is 0 Å². The number of likely N-dealkylation sites (tertiary alicyclic amines) is 1. The molecule has 0 radical (unpaired) electrons. The zero-order chi connectivity index (χ0) is 19.8. The summed E-state index contributed by atoms with van der Waals surface area (Å²) in [7, 11) is 0. The fourth-order valence-electron chi connectivity index (χ4n) is 4.11. The molecule has 1 aliphatic carbocycles. The number of piperidine rings is 1. The van der Waals surface area contributed by atoms with Crippen molar-refractivity contribution in [2.24, 2.45) is 0 Å². The average molecular weight is 378 g/mol. The number of hydrogen-bond donors (Lipinski definition) is 0. The summed E-state index contributed by atoms with van der Waals surface area (Å²) in [5.74, 6) is -0.439. The van der Waals surface area contributed by atoms with Gasteiger partial charge in [-0.3, -0.25) is 0 Å². The Kier molecular flexibility index (Phi) is 5.18.